The van der Waals surface area contributed by atoms with Crippen LogP contribution >= 0.6 is 27.5 Å². The van der Waals surface area contributed by atoms with Crippen LogP contribution in [0, 0.1) is 17.7 Å². The van der Waals surface area contributed by atoms with Crippen molar-refractivity contribution < 1.29 is 14.0 Å². The van der Waals surface area contributed by atoms with Crippen LogP contribution in [0.2, 0.25) is 5.02 Å². The average Bonchev–Trinajstić information content (AvgIpc) is 2.94. The van der Waals surface area contributed by atoms with Gasteiger partial charge in [-0.15, -0.1) is 0 Å². The molecule has 180 valence electrons. The van der Waals surface area contributed by atoms with Gasteiger partial charge in [-0.2, -0.15) is 0 Å². The van der Waals surface area contributed by atoms with Crippen molar-refractivity contribution >= 4 is 51.0 Å². The number of hydrogen-bond acceptors (Lipinski definition) is 4. The smallest absolute Gasteiger partial charge is 0.221 e. The zero-order chi connectivity index (χ0) is 24.7. The van der Waals surface area contributed by atoms with Crippen molar-refractivity contribution in [3.05, 3.63) is 68.9 Å². The summed E-state index contributed by atoms with van der Waals surface area (Å²) in [6, 6.07) is 9.81. The van der Waals surface area contributed by atoms with E-state index in [1.807, 2.05) is 0 Å². The molecule has 0 aliphatic heterocycles. The maximum atomic E-state index is 13.4. The van der Waals surface area contributed by atoms with Crippen LogP contribution in [0.3, 0.4) is 0 Å². The Bertz CT molecular complexity index is 1140. The number of anilines is 1. The molecule has 34 heavy (non-hydrogen) atoms. The Kier molecular flexibility index (Phi) is 7.02. The highest BCUT2D eigenvalue weighted by molar-refractivity contribution is 9.10. The molecule has 2 saturated carbocycles. The van der Waals surface area contributed by atoms with E-state index in [0.717, 1.165) is 18.4 Å². The molecule has 2 aliphatic carbocycles. The normalized spacial score (nSPS) is 28.3. The van der Waals surface area contributed by atoms with Gasteiger partial charge in [0.1, 0.15) is 5.82 Å². The summed E-state index contributed by atoms with van der Waals surface area (Å²) in [5.74, 6) is -0.698. The van der Waals surface area contributed by atoms with Gasteiger partial charge in [0, 0.05) is 22.6 Å². The molecule has 5 N–H and O–H groups in total. The van der Waals surface area contributed by atoms with Crippen LogP contribution < -0.4 is 16.8 Å². The fourth-order valence-corrected chi connectivity index (χ4v) is 6.21. The van der Waals surface area contributed by atoms with Crippen LogP contribution in [0.1, 0.15) is 43.7 Å². The van der Waals surface area contributed by atoms with E-state index in [4.69, 9.17) is 23.1 Å². The quantitative estimate of drug-likeness (QED) is 0.430. The molecule has 2 bridgehead atoms. The van der Waals surface area contributed by atoms with E-state index in [0.29, 0.717) is 40.0 Å². The third-order valence-corrected chi connectivity index (χ3v) is 8.43. The summed E-state index contributed by atoms with van der Waals surface area (Å²) in [7, 11) is 0. The largest absolute Gasteiger partial charge is 0.326 e. The van der Waals surface area contributed by atoms with Crippen LogP contribution in [0.5, 0.6) is 0 Å². The number of nitrogens with one attached hydrogen (secondary N) is 1. The van der Waals surface area contributed by atoms with E-state index in [2.05, 4.69) is 21.2 Å². The molecule has 0 spiro atoms. The summed E-state index contributed by atoms with van der Waals surface area (Å²) in [5.41, 5.74) is 14.3. The predicted octanol–water partition coefficient (Wildman–Crippen LogP) is 5.24. The highest BCUT2D eigenvalue weighted by Gasteiger charge is 2.58. The molecule has 8 heteroatoms. The molecular formula is C26H28BrClFN3O2. The van der Waals surface area contributed by atoms with Crippen molar-refractivity contribution in [2.24, 2.45) is 23.3 Å². The Morgan fingerprint density at radius 1 is 1.18 bits per heavy atom. The molecule has 2 atom stereocenters. The molecule has 5 nitrogen and oxygen atoms in total. The molecule has 4 rings (SSSR count). The SMILES string of the molecule is CC(=O)Nc1cc(Cl)c(Br)cc1C=CC(=O)C1(N)C2CCC1CC(N)(Cc1ccc(F)cc1)C2. The standard InChI is InChI=1S/C26H28BrClFN3O2/c1-15(33)32-23-11-22(28)21(27)10-17(23)4-9-24(34)26(31)18-5-6-19(26)14-25(30,13-18)12-16-2-7-20(29)8-3-16/h2-4,7-11,18-19H,5-6,12-14,30-31H2,1H3,(H,32,33). The summed E-state index contributed by atoms with van der Waals surface area (Å²) in [6.45, 7) is 1.41. The topological polar surface area (TPSA) is 98.2 Å². The lowest BCUT2D eigenvalue weighted by atomic mass is 9.62. The molecule has 0 radical (unpaired) electrons. The Morgan fingerprint density at radius 3 is 2.38 bits per heavy atom. The second-order valence-corrected chi connectivity index (χ2v) is 11.0. The Balaban J connectivity index is 1.54. The Morgan fingerprint density at radius 2 is 1.79 bits per heavy atom. The van der Waals surface area contributed by atoms with E-state index >= 15 is 0 Å². The van der Waals surface area contributed by atoms with Crippen molar-refractivity contribution in [1.29, 1.82) is 0 Å². The molecule has 2 aromatic rings. The summed E-state index contributed by atoms with van der Waals surface area (Å²) < 4.78 is 13.9. The lowest BCUT2D eigenvalue weighted by molar-refractivity contribution is -0.124. The molecule has 2 aromatic carbocycles. The first-order chi connectivity index (χ1) is 16.0. The zero-order valence-corrected chi connectivity index (χ0v) is 21.3. The molecule has 1 amide bonds. The molecule has 2 aliphatic rings. The van der Waals surface area contributed by atoms with Crippen LogP contribution in [-0.4, -0.2) is 22.8 Å². The Hall–Kier alpha value is -2.06. The van der Waals surface area contributed by atoms with Gasteiger partial charge >= 0.3 is 0 Å². The lowest BCUT2D eigenvalue weighted by Crippen LogP contribution is -2.64. The number of benzene rings is 2. The predicted molar refractivity (Wildman–Crippen MR) is 137 cm³/mol. The maximum Gasteiger partial charge on any atom is 0.221 e. The van der Waals surface area contributed by atoms with Gasteiger partial charge in [0.05, 0.1) is 10.6 Å². The molecule has 0 aromatic heterocycles. The number of nitrogens with two attached hydrogens (primary N) is 2. The van der Waals surface area contributed by atoms with Gasteiger partial charge in [-0.1, -0.05) is 23.7 Å². The minimum absolute atomic E-state index is 0.0272. The number of hydrogen-bond donors (Lipinski definition) is 3. The van der Waals surface area contributed by atoms with Gasteiger partial charge in [-0.3, -0.25) is 9.59 Å². The third kappa shape index (κ3) is 4.98. The number of carbonyl (C=O) groups excluding carboxylic acids is 2. The first kappa shape index (κ1) is 25.0. The van der Waals surface area contributed by atoms with Crippen LogP contribution in [0.15, 0.2) is 46.9 Å². The minimum Gasteiger partial charge on any atom is -0.326 e. The monoisotopic (exact) mass is 547 g/mol. The fraction of sp³-hybridized carbons (Fsp3) is 0.385. The molecule has 0 heterocycles. The summed E-state index contributed by atoms with van der Waals surface area (Å²) >= 11 is 9.57. The number of ketones is 1. The second kappa shape index (κ2) is 9.53. The van der Waals surface area contributed by atoms with E-state index in [9.17, 15) is 14.0 Å². The summed E-state index contributed by atoms with van der Waals surface area (Å²) in [5, 5.41) is 3.20. The van der Waals surface area contributed by atoms with Gasteiger partial charge in [0.2, 0.25) is 5.91 Å². The number of amides is 1. The molecule has 2 fully saturated rings. The highest BCUT2D eigenvalue weighted by atomic mass is 79.9. The lowest BCUT2D eigenvalue weighted by Gasteiger charge is -2.47. The maximum absolute atomic E-state index is 13.4. The fourth-order valence-electron chi connectivity index (χ4n) is 5.68. The second-order valence-electron chi connectivity index (χ2n) is 9.71. The third-order valence-electron chi connectivity index (χ3n) is 7.23. The molecule has 0 saturated heterocycles. The van der Waals surface area contributed by atoms with Crippen LogP contribution in [0.25, 0.3) is 6.08 Å². The van der Waals surface area contributed by atoms with Crippen molar-refractivity contribution in [3.63, 3.8) is 0 Å². The van der Waals surface area contributed by atoms with Crippen LogP contribution in [0.4, 0.5) is 10.1 Å². The summed E-state index contributed by atoms with van der Waals surface area (Å²) in [4.78, 5) is 25.0. The van der Waals surface area contributed by atoms with E-state index in [-0.39, 0.29) is 29.3 Å². The number of halogens is 3. The van der Waals surface area contributed by atoms with Crippen LogP contribution in [-0.2, 0) is 16.0 Å². The number of rotatable bonds is 6. The molecular weight excluding hydrogens is 521 g/mol. The highest BCUT2D eigenvalue weighted by Crippen LogP contribution is 2.52. The number of carbonyl (C=O) groups is 2. The van der Waals surface area contributed by atoms with Gasteiger partial charge in [0.25, 0.3) is 0 Å². The van der Waals surface area contributed by atoms with E-state index < -0.39 is 11.1 Å². The van der Waals surface area contributed by atoms with Gasteiger partial charge in [-0.05, 0) is 107 Å². The van der Waals surface area contributed by atoms with E-state index in [1.165, 1.54) is 25.1 Å². The van der Waals surface area contributed by atoms with Crippen molar-refractivity contribution in [2.45, 2.75) is 50.1 Å². The summed E-state index contributed by atoms with van der Waals surface area (Å²) in [6.07, 6.45) is 6.79. The van der Waals surface area contributed by atoms with Gasteiger partial charge in [0.15, 0.2) is 5.78 Å². The molecule has 2 unspecified atom stereocenters. The van der Waals surface area contributed by atoms with Gasteiger partial charge in [-0.25, -0.2) is 4.39 Å². The number of fused-ring (bicyclic) bond motifs is 2. The zero-order valence-electron chi connectivity index (χ0n) is 18.9. The van der Waals surface area contributed by atoms with Crippen molar-refractivity contribution in [2.75, 3.05) is 5.32 Å². The first-order valence-corrected chi connectivity index (χ1v) is 12.5. The average molecular weight is 549 g/mol. The van der Waals surface area contributed by atoms with Gasteiger partial charge < -0.3 is 16.8 Å². The van der Waals surface area contributed by atoms with Crippen molar-refractivity contribution in [1.82, 2.24) is 0 Å². The first-order valence-electron chi connectivity index (χ1n) is 11.3. The minimum atomic E-state index is -0.972. The Labute approximate surface area is 212 Å². The van der Waals surface area contributed by atoms with Crippen molar-refractivity contribution in [3.8, 4) is 0 Å². The van der Waals surface area contributed by atoms with E-state index in [1.54, 1.807) is 30.3 Å².